The Hall–Kier alpha value is -2.97. The number of piperidine rings is 1. The number of nitrogens with one attached hydrogen (secondary N) is 2. The third-order valence-corrected chi connectivity index (χ3v) is 7.60. The van der Waals surface area contributed by atoms with Crippen molar-refractivity contribution in [1.29, 1.82) is 0 Å². The number of hydrogen-bond donors (Lipinski definition) is 4. The second-order valence-electron chi connectivity index (χ2n) is 10.6. The third-order valence-electron chi connectivity index (χ3n) is 7.60. The van der Waals surface area contributed by atoms with Crippen LogP contribution in [0.3, 0.4) is 0 Å². The molecule has 3 rings (SSSR count). The van der Waals surface area contributed by atoms with Crippen LogP contribution in [0.2, 0.25) is 0 Å². The summed E-state index contributed by atoms with van der Waals surface area (Å²) in [5, 5.41) is 26.9. The maximum absolute atomic E-state index is 15.6. The Morgan fingerprint density at radius 2 is 1.92 bits per heavy atom. The maximum atomic E-state index is 15.6. The molecular formula is C30H42FN3O4. The van der Waals surface area contributed by atoms with E-state index in [1.165, 1.54) is 6.07 Å². The number of carboxylic acid groups (broad SMARTS) is 1. The largest absolute Gasteiger partial charge is 0.465 e. The smallest absolute Gasteiger partial charge is 0.404 e. The third kappa shape index (κ3) is 7.32. The minimum atomic E-state index is -1.45. The molecule has 7 nitrogen and oxygen atoms in total. The summed E-state index contributed by atoms with van der Waals surface area (Å²) in [5.41, 5.74) is 1.17. The van der Waals surface area contributed by atoms with Gasteiger partial charge in [0.15, 0.2) is 0 Å². The number of nitrogens with zero attached hydrogens (tertiary/aromatic N) is 1. The Labute approximate surface area is 225 Å². The number of hydrogen-bond acceptors (Lipinski definition) is 4. The summed E-state index contributed by atoms with van der Waals surface area (Å²) in [5.74, 6) is -0.416. The van der Waals surface area contributed by atoms with Gasteiger partial charge in [0, 0.05) is 37.5 Å². The van der Waals surface area contributed by atoms with Crippen molar-refractivity contribution in [1.82, 2.24) is 15.5 Å². The number of aliphatic hydroxyl groups is 1. The zero-order chi connectivity index (χ0) is 27.7. The average molecular weight is 528 g/mol. The molecule has 8 heteroatoms. The van der Waals surface area contributed by atoms with Crippen molar-refractivity contribution in [2.24, 2.45) is 5.92 Å². The standard InChI is InChI=1S/C30H42FN3O4/c1-21(2)22-9-4-10-23(19-22)28-25(12-5-13-26(28)31)30(38,15-8-17-33-29(36)37)24-11-7-18-34(20-24)27(35)14-6-16-32-3/h4-5,9-10,12-13,19,21,24,32-33,38H,6-8,11,14-18,20H2,1-3H3,(H,36,37)/t24?,30-/m0/s1. The lowest BCUT2D eigenvalue weighted by Crippen LogP contribution is -2.48. The van der Waals surface area contributed by atoms with Crippen molar-refractivity contribution in [2.45, 2.75) is 63.9 Å². The predicted molar refractivity (Wildman–Crippen MR) is 148 cm³/mol. The summed E-state index contributed by atoms with van der Waals surface area (Å²) in [4.78, 5) is 25.8. The zero-order valence-corrected chi connectivity index (χ0v) is 22.8. The first kappa shape index (κ1) is 29.6. The van der Waals surface area contributed by atoms with Gasteiger partial charge < -0.3 is 25.7 Å². The molecule has 2 aromatic rings. The van der Waals surface area contributed by atoms with E-state index in [4.69, 9.17) is 5.11 Å². The number of benzene rings is 2. The second kappa shape index (κ2) is 13.7. The molecule has 0 aliphatic carbocycles. The highest BCUT2D eigenvalue weighted by molar-refractivity contribution is 5.76. The van der Waals surface area contributed by atoms with Crippen molar-refractivity contribution in [3.05, 3.63) is 59.4 Å². The molecule has 0 spiro atoms. The van der Waals surface area contributed by atoms with Crippen molar-refractivity contribution < 1.29 is 24.2 Å². The van der Waals surface area contributed by atoms with Crippen LogP contribution in [0.25, 0.3) is 11.1 Å². The number of carbonyl (C=O) groups excluding carboxylic acids is 1. The number of carbonyl (C=O) groups is 2. The van der Waals surface area contributed by atoms with E-state index < -0.39 is 17.5 Å². The summed E-state index contributed by atoms with van der Waals surface area (Å²) in [6.07, 6.45) is 2.08. The summed E-state index contributed by atoms with van der Waals surface area (Å²) in [6, 6.07) is 12.5. The average Bonchev–Trinajstić information content (AvgIpc) is 2.91. The van der Waals surface area contributed by atoms with E-state index in [0.29, 0.717) is 49.0 Å². The fourth-order valence-corrected chi connectivity index (χ4v) is 5.51. The van der Waals surface area contributed by atoms with E-state index in [9.17, 15) is 14.7 Å². The number of halogens is 1. The Morgan fingerprint density at radius 1 is 1.16 bits per heavy atom. The Morgan fingerprint density at radius 3 is 2.63 bits per heavy atom. The van der Waals surface area contributed by atoms with Crippen LogP contribution in [0.4, 0.5) is 9.18 Å². The minimum Gasteiger partial charge on any atom is -0.465 e. The molecule has 0 bridgehead atoms. The van der Waals surface area contributed by atoms with Gasteiger partial charge in [-0.25, -0.2) is 9.18 Å². The van der Waals surface area contributed by atoms with Crippen molar-refractivity contribution in [3.63, 3.8) is 0 Å². The van der Waals surface area contributed by atoms with Gasteiger partial charge in [-0.05, 0) is 74.4 Å². The lowest BCUT2D eigenvalue weighted by atomic mass is 9.72. The molecule has 208 valence electrons. The van der Waals surface area contributed by atoms with Crippen LogP contribution in [0.15, 0.2) is 42.5 Å². The monoisotopic (exact) mass is 527 g/mol. The van der Waals surface area contributed by atoms with E-state index in [1.54, 1.807) is 12.1 Å². The predicted octanol–water partition coefficient (Wildman–Crippen LogP) is 5.09. The summed E-state index contributed by atoms with van der Waals surface area (Å²) < 4.78 is 15.6. The molecule has 1 saturated heterocycles. The van der Waals surface area contributed by atoms with E-state index in [2.05, 4.69) is 24.5 Å². The first-order valence-electron chi connectivity index (χ1n) is 13.7. The van der Waals surface area contributed by atoms with E-state index in [-0.39, 0.29) is 30.7 Å². The first-order chi connectivity index (χ1) is 18.2. The van der Waals surface area contributed by atoms with Gasteiger partial charge in [0.25, 0.3) is 0 Å². The molecule has 2 aromatic carbocycles. The summed E-state index contributed by atoms with van der Waals surface area (Å²) in [7, 11) is 1.86. The molecule has 4 N–H and O–H groups in total. The fourth-order valence-electron chi connectivity index (χ4n) is 5.51. The summed E-state index contributed by atoms with van der Waals surface area (Å²) >= 11 is 0. The van der Waals surface area contributed by atoms with Crippen molar-refractivity contribution >= 4 is 12.0 Å². The Balaban J connectivity index is 2.01. The normalized spacial score (nSPS) is 17.3. The van der Waals surface area contributed by atoms with Crippen LogP contribution < -0.4 is 10.6 Å². The zero-order valence-electron chi connectivity index (χ0n) is 22.8. The highest BCUT2D eigenvalue weighted by Crippen LogP contribution is 2.44. The molecular weight excluding hydrogens is 485 g/mol. The molecule has 0 saturated carbocycles. The molecule has 2 amide bonds. The first-order valence-corrected chi connectivity index (χ1v) is 13.7. The second-order valence-corrected chi connectivity index (χ2v) is 10.6. The topological polar surface area (TPSA) is 102 Å². The van der Waals surface area contributed by atoms with Gasteiger partial charge in [-0.3, -0.25) is 4.79 Å². The molecule has 38 heavy (non-hydrogen) atoms. The van der Waals surface area contributed by atoms with Gasteiger partial charge in [-0.15, -0.1) is 0 Å². The molecule has 1 aliphatic rings. The molecule has 0 aromatic heterocycles. The SMILES string of the molecule is CNCCCC(=O)N1CCCC([C@@](O)(CCCNC(=O)O)c2cccc(F)c2-c2cccc(C(C)C)c2)C1. The molecule has 2 atom stereocenters. The maximum Gasteiger partial charge on any atom is 0.404 e. The van der Waals surface area contributed by atoms with Crippen molar-refractivity contribution in [3.8, 4) is 11.1 Å². The van der Waals surface area contributed by atoms with Crippen LogP contribution in [0.1, 0.15) is 69.4 Å². The Kier molecular flexibility index (Phi) is 10.7. The molecule has 1 unspecified atom stereocenters. The van der Waals surface area contributed by atoms with Gasteiger partial charge in [0.05, 0.1) is 5.60 Å². The Bertz CT molecular complexity index is 1090. The van der Waals surface area contributed by atoms with E-state index in [0.717, 1.165) is 24.9 Å². The van der Waals surface area contributed by atoms with Crippen LogP contribution >= 0.6 is 0 Å². The lowest BCUT2D eigenvalue weighted by molar-refractivity contribution is -0.136. The van der Waals surface area contributed by atoms with Crippen LogP contribution in [-0.4, -0.2) is 60.3 Å². The molecule has 1 heterocycles. The van der Waals surface area contributed by atoms with Crippen molar-refractivity contribution in [2.75, 3.05) is 33.2 Å². The molecule has 0 radical (unpaired) electrons. The van der Waals surface area contributed by atoms with Crippen LogP contribution in [0.5, 0.6) is 0 Å². The van der Waals surface area contributed by atoms with Crippen LogP contribution in [-0.2, 0) is 10.4 Å². The fraction of sp³-hybridized carbons (Fsp3) is 0.533. The van der Waals surface area contributed by atoms with Gasteiger partial charge in [0.1, 0.15) is 5.82 Å². The minimum absolute atomic E-state index is 0.0592. The van der Waals surface area contributed by atoms with E-state index in [1.807, 2.05) is 36.2 Å². The molecule has 1 aliphatic heterocycles. The highest BCUT2D eigenvalue weighted by Gasteiger charge is 2.43. The quantitative estimate of drug-likeness (QED) is 0.288. The van der Waals surface area contributed by atoms with E-state index >= 15 is 4.39 Å². The lowest BCUT2D eigenvalue weighted by Gasteiger charge is -2.43. The van der Waals surface area contributed by atoms with Crippen LogP contribution in [0, 0.1) is 11.7 Å². The number of rotatable bonds is 12. The number of likely N-dealkylation sites (tertiary alicyclic amines) is 1. The van der Waals surface area contributed by atoms with Gasteiger partial charge in [0.2, 0.25) is 5.91 Å². The number of amides is 2. The van der Waals surface area contributed by atoms with Gasteiger partial charge in [-0.1, -0.05) is 50.2 Å². The molecule has 1 fully saturated rings. The highest BCUT2D eigenvalue weighted by atomic mass is 19.1. The van der Waals surface area contributed by atoms with Gasteiger partial charge in [-0.2, -0.15) is 0 Å². The van der Waals surface area contributed by atoms with Gasteiger partial charge >= 0.3 is 6.09 Å². The summed E-state index contributed by atoms with van der Waals surface area (Å²) in [6.45, 7) is 6.10.